The number of hydrogen-bond acceptors (Lipinski definition) is 6. The predicted octanol–water partition coefficient (Wildman–Crippen LogP) is 3.31. The SMILES string of the molecule is Cc1ccc(OCC(=O)Nc2ccc(N3CCCCC3)cc2)c([N+](=O)[O-])n1. The molecule has 0 radical (unpaired) electrons. The van der Waals surface area contributed by atoms with Gasteiger partial charge in [0.2, 0.25) is 5.75 Å². The zero-order valence-electron chi connectivity index (χ0n) is 15.2. The Morgan fingerprint density at radius 2 is 1.89 bits per heavy atom. The number of aryl methyl sites for hydroxylation is 1. The fourth-order valence-electron chi connectivity index (χ4n) is 3.02. The summed E-state index contributed by atoms with van der Waals surface area (Å²) in [4.78, 5) is 28.7. The normalized spacial score (nSPS) is 13.9. The van der Waals surface area contributed by atoms with Crippen molar-refractivity contribution in [1.82, 2.24) is 4.98 Å². The van der Waals surface area contributed by atoms with Crippen LogP contribution in [-0.2, 0) is 4.79 Å². The smallest absolute Gasteiger partial charge is 0.406 e. The lowest BCUT2D eigenvalue weighted by Crippen LogP contribution is -2.29. The summed E-state index contributed by atoms with van der Waals surface area (Å²) in [5.74, 6) is -0.814. The van der Waals surface area contributed by atoms with Crippen molar-refractivity contribution in [3.8, 4) is 5.75 Å². The van der Waals surface area contributed by atoms with E-state index >= 15 is 0 Å². The lowest BCUT2D eigenvalue weighted by atomic mass is 10.1. The molecule has 2 heterocycles. The number of nitrogens with zero attached hydrogens (tertiary/aromatic N) is 3. The number of benzene rings is 1. The van der Waals surface area contributed by atoms with E-state index in [2.05, 4.69) is 15.2 Å². The number of nitro groups is 1. The highest BCUT2D eigenvalue weighted by Crippen LogP contribution is 2.25. The molecule has 8 heteroatoms. The van der Waals surface area contributed by atoms with E-state index < -0.39 is 16.6 Å². The third-order valence-electron chi connectivity index (χ3n) is 4.38. The Kier molecular flexibility index (Phi) is 5.85. The van der Waals surface area contributed by atoms with Gasteiger partial charge in [-0.3, -0.25) is 4.79 Å². The van der Waals surface area contributed by atoms with Gasteiger partial charge in [-0.25, -0.2) is 0 Å². The van der Waals surface area contributed by atoms with Crippen LogP contribution in [0.25, 0.3) is 0 Å². The number of carbonyl (C=O) groups excluding carboxylic acids is 1. The van der Waals surface area contributed by atoms with Crippen LogP contribution in [0, 0.1) is 17.0 Å². The number of anilines is 2. The van der Waals surface area contributed by atoms with Crippen LogP contribution < -0.4 is 15.0 Å². The van der Waals surface area contributed by atoms with Crippen molar-refractivity contribution in [3.63, 3.8) is 0 Å². The lowest BCUT2D eigenvalue weighted by Gasteiger charge is -2.28. The molecule has 27 heavy (non-hydrogen) atoms. The van der Waals surface area contributed by atoms with Crippen molar-refractivity contribution in [1.29, 1.82) is 0 Å². The Bertz CT molecular complexity index is 817. The quantitative estimate of drug-likeness (QED) is 0.619. The molecule has 1 amide bonds. The highest BCUT2D eigenvalue weighted by atomic mass is 16.6. The molecule has 0 bridgehead atoms. The summed E-state index contributed by atoms with van der Waals surface area (Å²) in [7, 11) is 0. The van der Waals surface area contributed by atoms with Gasteiger partial charge in [0.15, 0.2) is 6.61 Å². The summed E-state index contributed by atoms with van der Waals surface area (Å²) >= 11 is 0. The number of piperidine rings is 1. The van der Waals surface area contributed by atoms with E-state index in [-0.39, 0.29) is 12.4 Å². The van der Waals surface area contributed by atoms with Crippen LogP contribution in [-0.4, -0.2) is 35.5 Å². The zero-order chi connectivity index (χ0) is 19.2. The van der Waals surface area contributed by atoms with E-state index in [1.807, 2.05) is 24.3 Å². The van der Waals surface area contributed by atoms with Gasteiger partial charge in [-0.05, 0) is 65.6 Å². The fraction of sp³-hybridized carbons (Fsp3) is 0.368. The number of carbonyl (C=O) groups is 1. The van der Waals surface area contributed by atoms with Crippen molar-refractivity contribution in [2.75, 3.05) is 29.9 Å². The monoisotopic (exact) mass is 370 g/mol. The lowest BCUT2D eigenvalue weighted by molar-refractivity contribution is -0.390. The molecule has 0 aliphatic carbocycles. The maximum atomic E-state index is 12.1. The van der Waals surface area contributed by atoms with Crippen molar-refractivity contribution < 1.29 is 14.5 Å². The van der Waals surface area contributed by atoms with Gasteiger partial charge >= 0.3 is 5.82 Å². The van der Waals surface area contributed by atoms with E-state index in [0.717, 1.165) is 18.8 Å². The second kappa shape index (κ2) is 8.48. The van der Waals surface area contributed by atoms with Gasteiger partial charge in [-0.1, -0.05) is 0 Å². The van der Waals surface area contributed by atoms with Crippen LogP contribution in [0.5, 0.6) is 5.75 Å². The second-order valence-electron chi connectivity index (χ2n) is 6.46. The van der Waals surface area contributed by atoms with E-state index in [4.69, 9.17) is 4.74 Å². The average Bonchev–Trinajstić information content (AvgIpc) is 2.68. The molecule has 1 N–H and O–H groups in total. The third kappa shape index (κ3) is 4.93. The first-order valence-corrected chi connectivity index (χ1v) is 8.92. The maximum Gasteiger partial charge on any atom is 0.406 e. The number of pyridine rings is 1. The molecule has 0 unspecified atom stereocenters. The molecule has 1 aromatic carbocycles. The van der Waals surface area contributed by atoms with Gasteiger partial charge in [0.05, 0.1) is 0 Å². The second-order valence-corrected chi connectivity index (χ2v) is 6.46. The molecule has 8 nitrogen and oxygen atoms in total. The minimum absolute atomic E-state index is 0.0267. The summed E-state index contributed by atoms with van der Waals surface area (Å²) in [5.41, 5.74) is 2.30. The fourth-order valence-corrected chi connectivity index (χ4v) is 3.02. The molecule has 1 aromatic heterocycles. The average molecular weight is 370 g/mol. The van der Waals surface area contributed by atoms with Gasteiger partial charge in [0.25, 0.3) is 5.91 Å². The van der Waals surface area contributed by atoms with Crippen LogP contribution in [0.3, 0.4) is 0 Å². The van der Waals surface area contributed by atoms with Gasteiger partial charge in [0.1, 0.15) is 5.69 Å². The zero-order valence-corrected chi connectivity index (χ0v) is 15.2. The van der Waals surface area contributed by atoms with Crippen LogP contribution >= 0.6 is 0 Å². The Hall–Kier alpha value is -3.16. The Labute approximate surface area is 157 Å². The minimum atomic E-state index is -0.625. The minimum Gasteiger partial charge on any atom is -0.476 e. The molecule has 0 atom stereocenters. The Morgan fingerprint density at radius 3 is 2.56 bits per heavy atom. The molecular weight excluding hydrogens is 348 g/mol. The highest BCUT2D eigenvalue weighted by Gasteiger charge is 2.18. The summed E-state index contributed by atoms with van der Waals surface area (Å²) in [5, 5.41) is 13.8. The molecule has 0 spiro atoms. The third-order valence-corrected chi connectivity index (χ3v) is 4.38. The van der Waals surface area contributed by atoms with E-state index in [9.17, 15) is 14.9 Å². The first kappa shape index (κ1) is 18.6. The number of hydrogen-bond donors (Lipinski definition) is 1. The standard InChI is InChI=1S/C19H22N4O4/c1-14-5-10-17(19(20-14)23(25)26)27-13-18(24)21-15-6-8-16(9-7-15)22-11-3-2-4-12-22/h5-10H,2-4,11-13H2,1H3,(H,21,24). The summed E-state index contributed by atoms with van der Waals surface area (Å²) in [6, 6.07) is 10.7. The summed E-state index contributed by atoms with van der Waals surface area (Å²) in [6.45, 7) is 3.43. The Balaban J connectivity index is 1.56. The highest BCUT2D eigenvalue weighted by molar-refractivity contribution is 5.92. The molecule has 1 fully saturated rings. The number of amides is 1. The van der Waals surface area contributed by atoms with Crippen LogP contribution in [0.2, 0.25) is 0 Å². The first-order chi connectivity index (χ1) is 13.0. The van der Waals surface area contributed by atoms with Crippen LogP contribution in [0.1, 0.15) is 25.0 Å². The van der Waals surface area contributed by atoms with Crippen molar-refractivity contribution in [2.24, 2.45) is 0 Å². The van der Waals surface area contributed by atoms with Gasteiger partial charge in [-0.15, -0.1) is 0 Å². The largest absolute Gasteiger partial charge is 0.476 e. The van der Waals surface area contributed by atoms with Crippen molar-refractivity contribution in [3.05, 3.63) is 52.2 Å². The molecule has 142 valence electrons. The van der Waals surface area contributed by atoms with Crippen LogP contribution in [0.15, 0.2) is 36.4 Å². The molecule has 1 aliphatic rings. The molecular formula is C19H22N4O4. The summed E-state index contributed by atoms with van der Waals surface area (Å²) in [6.07, 6.45) is 3.69. The topological polar surface area (TPSA) is 97.6 Å². The predicted molar refractivity (Wildman–Crippen MR) is 102 cm³/mol. The molecule has 1 aliphatic heterocycles. The molecule has 1 saturated heterocycles. The van der Waals surface area contributed by atoms with Crippen molar-refractivity contribution >= 4 is 23.1 Å². The number of nitrogens with one attached hydrogen (secondary N) is 1. The first-order valence-electron chi connectivity index (χ1n) is 8.92. The van der Waals surface area contributed by atoms with Crippen LogP contribution in [0.4, 0.5) is 17.2 Å². The number of aromatic nitrogens is 1. The number of rotatable bonds is 6. The van der Waals surface area contributed by atoms with E-state index in [1.165, 1.54) is 25.3 Å². The molecule has 2 aromatic rings. The van der Waals surface area contributed by atoms with E-state index in [0.29, 0.717) is 11.4 Å². The molecule has 3 rings (SSSR count). The van der Waals surface area contributed by atoms with Crippen molar-refractivity contribution in [2.45, 2.75) is 26.2 Å². The Morgan fingerprint density at radius 1 is 1.19 bits per heavy atom. The van der Waals surface area contributed by atoms with E-state index in [1.54, 1.807) is 13.0 Å². The van der Waals surface area contributed by atoms with Gasteiger partial charge in [-0.2, -0.15) is 0 Å². The maximum absolute atomic E-state index is 12.1. The summed E-state index contributed by atoms with van der Waals surface area (Å²) < 4.78 is 5.28. The molecule has 0 saturated carbocycles. The van der Waals surface area contributed by atoms with Gasteiger partial charge < -0.3 is 25.1 Å². The van der Waals surface area contributed by atoms with Gasteiger partial charge in [0, 0.05) is 31.4 Å². The number of ether oxygens (including phenoxy) is 1.